The summed E-state index contributed by atoms with van der Waals surface area (Å²) in [5.74, 6) is 0.625. The van der Waals surface area contributed by atoms with Gasteiger partial charge >= 0.3 is 0 Å². The second kappa shape index (κ2) is 5.35. The van der Waals surface area contributed by atoms with Crippen LogP contribution in [0.1, 0.15) is 17.4 Å². The van der Waals surface area contributed by atoms with E-state index in [2.05, 4.69) is 22.6 Å². The van der Waals surface area contributed by atoms with Crippen LogP contribution in [0.15, 0.2) is 59.0 Å². The van der Waals surface area contributed by atoms with Crippen LogP contribution < -0.4 is 0 Å². The van der Waals surface area contributed by atoms with Gasteiger partial charge in [0, 0.05) is 15.4 Å². The number of hydrogen-bond acceptors (Lipinski definition) is 2. The summed E-state index contributed by atoms with van der Waals surface area (Å²) < 4.78 is 6.87. The molecule has 3 heteroatoms. The molecule has 96 valence electrons. The van der Waals surface area contributed by atoms with Gasteiger partial charge in [-0.2, -0.15) is 0 Å². The molecule has 2 aromatic carbocycles. The average Bonchev–Trinajstić information content (AvgIpc) is 2.85. The summed E-state index contributed by atoms with van der Waals surface area (Å²) in [5, 5.41) is 11.3. The Hall–Kier alpha value is -1.33. The predicted octanol–water partition coefficient (Wildman–Crippen LogP) is 4.31. The summed E-state index contributed by atoms with van der Waals surface area (Å²) in [6.45, 7) is 0. The first kappa shape index (κ1) is 12.7. The largest absolute Gasteiger partial charge is 0.458 e. The summed E-state index contributed by atoms with van der Waals surface area (Å²) in [4.78, 5) is 0. The van der Waals surface area contributed by atoms with E-state index in [1.807, 2.05) is 54.6 Å². The first-order chi connectivity index (χ1) is 9.22. The molecule has 1 atom stereocenters. The molecular formula is C16H13IO2. The first-order valence-corrected chi connectivity index (χ1v) is 7.21. The van der Waals surface area contributed by atoms with E-state index in [9.17, 15) is 5.11 Å². The molecule has 1 unspecified atom stereocenters. The smallest absolute Gasteiger partial charge is 0.134 e. The van der Waals surface area contributed by atoms with Crippen LogP contribution in [-0.4, -0.2) is 5.11 Å². The zero-order valence-electron chi connectivity index (χ0n) is 10.2. The van der Waals surface area contributed by atoms with Crippen molar-refractivity contribution in [1.29, 1.82) is 0 Å². The van der Waals surface area contributed by atoms with Gasteiger partial charge in [0.05, 0.1) is 0 Å². The average molecular weight is 364 g/mol. The maximum absolute atomic E-state index is 10.2. The van der Waals surface area contributed by atoms with Crippen molar-refractivity contribution in [2.45, 2.75) is 12.5 Å². The molecule has 0 saturated carbocycles. The fourth-order valence-electron chi connectivity index (χ4n) is 2.11. The fourth-order valence-corrected chi connectivity index (χ4v) is 2.47. The molecule has 1 N–H and O–H groups in total. The molecule has 0 spiro atoms. The molecule has 0 aliphatic carbocycles. The van der Waals surface area contributed by atoms with E-state index in [-0.39, 0.29) is 0 Å². The van der Waals surface area contributed by atoms with E-state index in [1.165, 1.54) is 3.57 Å². The SMILES string of the molecule is OC(Cc1ccc(I)cc1)c1cc2ccccc2o1. The van der Waals surface area contributed by atoms with Gasteiger partial charge in [-0.3, -0.25) is 0 Å². The summed E-state index contributed by atoms with van der Waals surface area (Å²) in [5.41, 5.74) is 1.92. The number of benzene rings is 2. The summed E-state index contributed by atoms with van der Waals surface area (Å²) in [7, 11) is 0. The van der Waals surface area contributed by atoms with Crippen LogP contribution in [0.5, 0.6) is 0 Å². The third-order valence-electron chi connectivity index (χ3n) is 3.12. The van der Waals surface area contributed by atoms with Gasteiger partial charge < -0.3 is 9.52 Å². The Kier molecular flexibility index (Phi) is 3.57. The van der Waals surface area contributed by atoms with Crippen molar-refractivity contribution in [2.24, 2.45) is 0 Å². The molecule has 0 amide bonds. The minimum atomic E-state index is -0.604. The number of halogens is 1. The molecule has 2 nitrogen and oxygen atoms in total. The van der Waals surface area contributed by atoms with Crippen LogP contribution in [0.2, 0.25) is 0 Å². The Bertz CT molecular complexity index is 652. The molecule has 0 fully saturated rings. The Morgan fingerprint density at radius 2 is 1.79 bits per heavy atom. The number of aliphatic hydroxyl groups excluding tert-OH is 1. The van der Waals surface area contributed by atoms with Gasteiger partial charge in [-0.1, -0.05) is 30.3 Å². The Labute approximate surface area is 125 Å². The van der Waals surface area contributed by atoms with Gasteiger partial charge in [-0.05, 0) is 52.4 Å². The fraction of sp³-hybridized carbons (Fsp3) is 0.125. The molecule has 0 aliphatic rings. The van der Waals surface area contributed by atoms with E-state index in [0.29, 0.717) is 12.2 Å². The van der Waals surface area contributed by atoms with Gasteiger partial charge in [-0.15, -0.1) is 0 Å². The molecule has 0 radical (unpaired) electrons. The van der Waals surface area contributed by atoms with Crippen LogP contribution in [0, 0.1) is 3.57 Å². The monoisotopic (exact) mass is 364 g/mol. The Morgan fingerprint density at radius 3 is 2.53 bits per heavy atom. The maximum atomic E-state index is 10.2. The van der Waals surface area contributed by atoms with E-state index < -0.39 is 6.10 Å². The highest BCUT2D eigenvalue weighted by Gasteiger charge is 2.13. The second-order valence-electron chi connectivity index (χ2n) is 4.53. The standard InChI is InChI=1S/C16H13IO2/c17-13-7-5-11(6-8-13)9-14(18)16-10-12-3-1-2-4-15(12)19-16/h1-8,10,14,18H,9H2. The summed E-state index contributed by atoms with van der Waals surface area (Å²) in [6, 6.07) is 17.9. The molecule has 1 aromatic heterocycles. The lowest BCUT2D eigenvalue weighted by molar-refractivity contribution is 0.152. The predicted molar refractivity (Wildman–Crippen MR) is 84.0 cm³/mol. The van der Waals surface area contributed by atoms with Crippen molar-refractivity contribution in [3.8, 4) is 0 Å². The first-order valence-electron chi connectivity index (χ1n) is 6.13. The van der Waals surface area contributed by atoms with Gasteiger partial charge in [0.15, 0.2) is 0 Å². The molecule has 0 aliphatic heterocycles. The van der Waals surface area contributed by atoms with Crippen molar-refractivity contribution < 1.29 is 9.52 Å². The number of hydrogen-bond donors (Lipinski definition) is 1. The zero-order chi connectivity index (χ0) is 13.2. The van der Waals surface area contributed by atoms with E-state index in [1.54, 1.807) is 0 Å². The van der Waals surface area contributed by atoms with E-state index in [0.717, 1.165) is 16.5 Å². The molecular weight excluding hydrogens is 351 g/mol. The summed E-state index contributed by atoms with van der Waals surface area (Å²) >= 11 is 2.27. The van der Waals surface area contributed by atoms with Gasteiger partial charge in [0.25, 0.3) is 0 Å². The van der Waals surface area contributed by atoms with Crippen LogP contribution >= 0.6 is 22.6 Å². The highest BCUT2D eigenvalue weighted by Crippen LogP contribution is 2.26. The molecule has 0 bridgehead atoms. The van der Waals surface area contributed by atoms with Gasteiger partial charge in [0.2, 0.25) is 0 Å². The number of rotatable bonds is 3. The molecule has 19 heavy (non-hydrogen) atoms. The van der Waals surface area contributed by atoms with Crippen LogP contribution in [-0.2, 0) is 6.42 Å². The van der Waals surface area contributed by atoms with Crippen molar-refractivity contribution in [3.63, 3.8) is 0 Å². The van der Waals surface area contributed by atoms with Crippen molar-refractivity contribution >= 4 is 33.6 Å². The second-order valence-corrected chi connectivity index (χ2v) is 5.78. The van der Waals surface area contributed by atoms with E-state index in [4.69, 9.17) is 4.42 Å². The van der Waals surface area contributed by atoms with E-state index >= 15 is 0 Å². The molecule has 3 rings (SSSR count). The normalized spacial score (nSPS) is 12.7. The Morgan fingerprint density at radius 1 is 1.05 bits per heavy atom. The van der Waals surface area contributed by atoms with Gasteiger partial charge in [-0.25, -0.2) is 0 Å². The topological polar surface area (TPSA) is 33.4 Å². The number of fused-ring (bicyclic) bond motifs is 1. The molecule has 3 aromatic rings. The lowest BCUT2D eigenvalue weighted by atomic mass is 10.1. The highest BCUT2D eigenvalue weighted by molar-refractivity contribution is 14.1. The van der Waals surface area contributed by atoms with Crippen molar-refractivity contribution in [3.05, 3.63) is 69.5 Å². The molecule has 0 saturated heterocycles. The number of para-hydroxylation sites is 1. The molecule has 1 heterocycles. The Balaban J connectivity index is 1.83. The minimum absolute atomic E-state index is 0.566. The lowest BCUT2D eigenvalue weighted by Crippen LogP contribution is -2.00. The number of aliphatic hydroxyl groups is 1. The lowest BCUT2D eigenvalue weighted by Gasteiger charge is -2.07. The van der Waals surface area contributed by atoms with Gasteiger partial charge in [0.1, 0.15) is 17.4 Å². The zero-order valence-corrected chi connectivity index (χ0v) is 12.4. The van der Waals surface area contributed by atoms with Crippen LogP contribution in [0.3, 0.4) is 0 Å². The third-order valence-corrected chi connectivity index (χ3v) is 3.83. The third kappa shape index (κ3) is 2.82. The maximum Gasteiger partial charge on any atom is 0.134 e. The van der Waals surface area contributed by atoms with Crippen LogP contribution in [0.25, 0.3) is 11.0 Å². The van der Waals surface area contributed by atoms with Crippen molar-refractivity contribution in [2.75, 3.05) is 0 Å². The number of furan rings is 1. The quantitative estimate of drug-likeness (QED) is 0.703. The summed E-state index contributed by atoms with van der Waals surface area (Å²) in [6.07, 6.45) is -0.0380. The van der Waals surface area contributed by atoms with Crippen molar-refractivity contribution in [1.82, 2.24) is 0 Å². The highest BCUT2D eigenvalue weighted by atomic mass is 127. The van der Waals surface area contributed by atoms with Crippen LogP contribution in [0.4, 0.5) is 0 Å². The minimum Gasteiger partial charge on any atom is -0.458 e.